The number of aliphatic imine (C=N–C) groups is 1. The van der Waals surface area contributed by atoms with Crippen molar-refractivity contribution in [2.24, 2.45) is 4.99 Å². The van der Waals surface area contributed by atoms with E-state index in [4.69, 9.17) is 0 Å². The van der Waals surface area contributed by atoms with Crippen molar-refractivity contribution in [3.8, 4) is 0 Å². The second-order valence-corrected chi connectivity index (χ2v) is 6.69. The normalized spacial score (nSPS) is 16.1. The van der Waals surface area contributed by atoms with Gasteiger partial charge in [0, 0.05) is 6.54 Å². The lowest BCUT2D eigenvalue weighted by atomic mass is 10.2. The number of nitrogens with one attached hydrogen (secondary N) is 2. The largest absolute Gasteiger partial charge is 0.343 e. The molecule has 6 nitrogen and oxygen atoms in total. The van der Waals surface area contributed by atoms with E-state index in [1.165, 1.54) is 12.8 Å². The van der Waals surface area contributed by atoms with Crippen LogP contribution < -0.4 is 10.0 Å². The lowest BCUT2D eigenvalue weighted by Gasteiger charge is -2.26. The quantitative estimate of drug-likeness (QED) is 0.778. The number of nitrogens with zero attached hydrogens (tertiary/aromatic N) is 2. The predicted octanol–water partition coefficient (Wildman–Crippen LogP) is 1.33. The van der Waals surface area contributed by atoms with Crippen LogP contribution in [0, 0.1) is 0 Å². The van der Waals surface area contributed by atoms with E-state index in [1.807, 2.05) is 0 Å². The first-order valence-electron chi connectivity index (χ1n) is 7.20. The third-order valence-electron chi connectivity index (χ3n) is 3.26. The Bertz CT molecular complexity index is 572. The fourth-order valence-electron chi connectivity index (χ4n) is 2.05. The molecule has 0 aromatic heterocycles. The van der Waals surface area contributed by atoms with Crippen LogP contribution in [0.1, 0.15) is 26.2 Å². The Morgan fingerprint density at radius 2 is 2.05 bits per heavy atom. The van der Waals surface area contributed by atoms with Crippen LogP contribution in [0.25, 0.3) is 0 Å². The summed E-state index contributed by atoms with van der Waals surface area (Å²) in [6.07, 6.45) is 3.53. The summed E-state index contributed by atoms with van der Waals surface area (Å²) in [7, 11) is -3.56. The van der Waals surface area contributed by atoms with Gasteiger partial charge in [-0.1, -0.05) is 38.0 Å². The Morgan fingerprint density at radius 3 is 2.67 bits per heavy atom. The highest BCUT2D eigenvalue weighted by Crippen LogP contribution is 2.07. The highest BCUT2D eigenvalue weighted by atomic mass is 32.2. The van der Waals surface area contributed by atoms with E-state index < -0.39 is 10.0 Å². The van der Waals surface area contributed by atoms with E-state index >= 15 is 0 Å². The highest BCUT2D eigenvalue weighted by Gasteiger charge is 2.18. The number of guanidine groups is 1. The maximum atomic E-state index is 12.1. The Kier molecular flexibility index (Phi) is 5.58. The van der Waals surface area contributed by atoms with Crippen molar-refractivity contribution in [2.45, 2.75) is 31.1 Å². The fourth-order valence-corrected chi connectivity index (χ4v) is 3.08. The average Bonchev–Trinajstić information content (AvgIpc) is 2.50. The van der Waals surface area contributed by atoms with Crippen LogP contribution >= 0.6 is 0 Å². The van der Waals surface area contributed by atoms with Gasteiger partial charge in [0.1, 0.15) is 0 Å². The SMILES string of the molecule is CCCCCN1CN=C(NS(=O)(=O)c2ccccc2)NC1. The van der Waals surface area contributed by atoms with Crippen molar-refractivity contribution < 1.29 is 8.42 Å². The van der Waals surface area contributed by atoms with Crippen LogP contribution in [0.5, 0.6) is 0 Å². The summed E-state index contributed by atoms with van der Waals surface area (Å²) in [5, 5.41) is 3.01. The van der Waals surface area contributed by atoms with Gasteiger partial charge >= 0.3 is 0 Å². The summed E-state index contributed by atoms with van der Waals surface area (Å²) < 4.78 is 26.8. The molecule has 2 N–H and O–H groups in total. The second-order valence-electron chi connectivity index (χ2n) is 5.00. The molecule has 0 saturated carbocycles. The third kappa shape index (κ3) is 4.71. The molecule has 0 unspecified atom stereocenters. The number of benzene rings is 1. The van der Waals surface area contributed by atoms with E-state index in [1.54, 1.807) is 30.3 Å². The standard InChI is InChI=1S/C14H22N4O2S/c1-2-3-7-10-18-11-15-14(16-12-18)17-21(19,20)13-8-5-4-6-9-13/h4-6,8-9H,2-3,7,10-12H2,1H3,(H2,15,16,17). The number of rotatable bonds is 6. The topological polar surface area (TPSA) is 73.8 Å². The minimum Gasteiger partial charge on any atom is -0.343 e. The molecule has 0 fully saturated rings. The van der Waals surface area contributed by atoms with Gasteiger partial charge in [0.25, 0.3) is 10.0 Å². The predicted molar refractivity (Wildman–Crippen MR) is 83.3 cm³/mol. The fraction of sp³-hybridized carbons (Fsp3) is 0.500. The molecule has 1 heterocycles. The van der Waals surface area contributed by atoms with Gasteiger partial charge in [0.2, 0.25) is 5.96 Å². The third-order valence-corrected chi connectivity index (χ3v) is 4.62. The molecule has 0 aliphatic carbocycles. The van der Waals surface area contributed by atoms with Crippen LogP contribution in [0.3, 0.4) is 0 Å². The molecule has 1 aromatic carbocycles. The first-order valence-corrected chi connectivity index (χ1v) is 8.68. The molecule has 0 radical (unpaired) electrons. The van der Waals surface area contributed by atoms with Gasteiger partial charge in [0.05, 0.1) is 18.2 Å². The maximum absolute atomic E-state index is 12.1. The van der Waals surface area contributed by atoms with E-state index in [0.717, 1.165) is 13.0 Å². The molecule has 1 aromatic rings. The zero-order valence-corrected chi connectivity index (χ0v) is 13.1. The van der Waals surface area contributed by atoms with Crippen LogP contribution in [-0.4, -0.2) is 39.2 Å². The van der Waals surface area contributed by atoms with E-state index in [9.17, 15) is 8.42 Å². The summed E-state index contributed by atoms with van der Waals surface area (Å²) in [6.45, 7) is 4.27. The molecule has 0 atom stereocenters. The van der Waals surface area contributed by atoms with E-state index in [0.29, 0.717) is 19.3 Å². The summed E-state index contributed by atoms with van der Waals surface area (Å²) in [6, 6.07) is 8.29. The number of hydrogen-bond acceptors (Lipinski definition) is 5. The van der Waals surface area contributed by atoms with E-state index in [2.05, 4.69) is 26.9 Å². The molecular weight excluding hydrogens is 288 g/mol. The minimum absolute atomic E-state index is 0.236. The molecular formula is C14H22N4O2S. The van der Waals surface area contributed by atoms with Crippen LogP contribution in [0.4, 0.5) is 0 Å². The molecule has 1 aliphatic heterocycles. The Labute approximate surface area is 126 Å². The molecule has 1 aliphatic rings. The van der Waals surface area contributed by atoms with Crippen molar-refractivity contribution in [2.75, 3.05) is 19.9 Å². The summed E-state index contributed by atoms with van der Waals surface area (Å²) >= 11 is 0. The Hall–Kier alpha value is -1.60. The smallest absolute Gasteiger partial charge is 0.264 e. The van der Waals surface area contributed by atoms with E-state index in [-0.39, 0.29) is 4.90 Å². The summed E-state index contributed by atoms with van der Waals surface area (Å²) in [5.74, 6) is 0.311. The van der Waals surface area contributed by atoms with Gasteiger partial charge in [-0.25, -0.2) is 18.1 Å². The number of sulfonamides is 1. The van der Waals surface area contributed by atoms with Gasteiger partial charge < -0.3 is 5.32 Å². The lowest BCUT2D eigenvalue weighted by molar-refractivity contribution is 0.258. The molecule has 0 spiro atoms. The minimum atomic E-state index is -3.56. The van der Waals surface area contributed by atoms with Crippen molar-refractivity contribution in [3.05, 3.63) is 30.3 Å². The zero-order chi connectivity index (χ0) is 15.1. The van der Waals surface area contributed by atoms with Gasteiger partial charge in [-0.05, 0) is 18.6 Å². The van der Waals surface area contributed by atoms with Crippen LogP contribution in [0.2, 0.25) is 0 Å². The van der Waals surface area contributed by atoms with Gasteiger partial charge in [-0.15, -0.1) is 0 Å². The maximum Gasteiger partial charge on any atom is 0.264 e. The zero-order valence-electron chi connectivity index (χ0n) is 12.2. The second kappa shape index (κ2) is 7.42. The van der Waals surface area contributed by atoms with Crippen LogP contribution in [0.15, 0.2) is 40.2 Å². The highest BCUT2D eigenvalue weighted by molar-refractivity contribution is 7.90. The molecule has 2 rings (SSSR count). The summed E-state index contributed by atoms with van der Waals surface area (Å²) in [5.41, 5.74) is 0. The Morgan fingerprint density at radius 1 is 1.29 bits per heavy atom. The molecule has 7 heteroatoms. The average molecular weight is 310 g/mol. The van der Waals surface area contributed by atoms with Gasteiger partial charge in [-0.3, -0.25) is 4.90 Å². The first-order chi connectivity index (χ1) is 10.1. The number of unbranched alkanes of at least 4 members (excludes halogenated alkanes) is 2. The van der Waals surface area contributed by atoms with Crippen molar-refractivity contribution in [1.29, 1.82) is 0 Å². The molecule has 116 valence electrons. The van der Waals surface area contributed by atoms with Crippen molar-refractivity contribution in [3.63, 3.8) is 0 Å². The lowest BCUT2D eigenvalue weighted by Crippen LogP contribution is -2.50. The van der Waals surface area contributed by atoms with Gasteiger partial charge in [-0.2, -0.15) is 0 Å². The Balaban J connectivity index is 1.90. The summed E-state index contributed by atoms with van der Waals surface area (Å²) in [4.78, 5) is 6.63. The molecule has 0 saturated heterocycles. The molecule has 21 heavy (non-hydrogen) atoms. The van der Waals surface area contributed by atoms with Gasteiger partial charge in [0.15, 0.2) is 0 Å². The van der Waals surface area contributed by atoms with Crippen molar-refractivity contribution >= 4 is 16.0 Å². The molecule has 0 bridgehead atoms. The number of hydrogen-bond donors (Lipinski definition) is 2. The molecule has 0 amide bonds. The monoisotopic (exact) mass is 310 g/mol. The first kappa shape index (κ1) is 15.8. The van der Waals surface area contributed by atoms with Crippen molar-refractivity contribution in [1.82, 2.24) is 14.9 Å². The van der Waals surface area contributed by atoms with Crippen LogP contribution in [-0.2, 0) is 10.0 Å².